The molecule has 0 unspecified atom stereocenters. The Balaban J connectivity index is 1.88. The Bertz CT molecular complexity index is 928. The number of thioether (sulfide) groups is 1. The highest BCUT2D eigenvalue weighted by Gasteiger charge is 2.30. The molecular weight excluding hydrogens is 359 g/mol. The summed E-state index contributed by atoms with van der Waals surface area (Å²) in [5, 5.41) is 6.41. The van der Waals surface area contributed by atoms with Crippen LogP contribution in [0.15, 0.2) is 40.2 Å². The molecule has 0 radical (unpaired) electrons. The van der Waals surface area contributed by atoms with Crippen molar-refractivity contribution < 1.29 is 14.0 Å². The molecule has 0 fully saturated rings. The molecule has 0 saturated heterocycles. The molecule has 1 N–H and O–H groups in total. The molecule has 26 heavy (non-hydrogen) atoms. The number of carbonyl (C=O) groups excluding carboxylic acids is 2. The van der Waals surface area contributed by atoms with Gasteiger partial charge < -0.3 is 10.2 Å². The van der Waals surface area contributed by atoms with E-state index in [0.29, 0.717) is 4.90 Å². The third-order valence-corrected chi connectivity index (χ3v) is 4.80. The van der Waals surface area contributed by atoms with Crippen LogP contribution >= 0.6 is 11.8 Å². The number of hydrogen-bond acceptors (Lipinski definition) is 5. The summed E-state index contributed by atoms with van der Waals surface area (Å²) in [6.45, 7) is 3.24. The smallest absolute Gasteiger partial charge is 0.292 e. The molecule has 2 aromatic rings. The molecule has 2 heterocycles. The van der Waals surface area contributed by atoms with E-state index in [9.17, 15) is 18.8 Å². The van der Waals surface area contributed by atoms with E-state index >= 15 is 0 Å². The molecule has 0 aliphatic carbocycles. The average Bonchev–Trinajstić information content (AvgIpc) is 2.59. The van der Waals surface area contributed by atoms with Gasteiger partial charge in [-0.3, -0.25) is 14.4 Å². The lowest BCUT2D eigenvalue weighted by molar-refractivity contribution is -0.117. The monoisotopic (exact) mass is 376 g/mol. The Morgan fingerprint density at radius 1 is 1.35 bits per heavy atom. The second-order valence-electron chi connectivity index (χ2n) is 5.99. The molecule has 0 bridgehead atoms. The number of nitrogens with one attached hydrogen (secondary N) is 1. The summed E-state index contributed by atoms with van der Waals surface area (Å²) in [4.78, 5) is 39.2. The second kappa shape index (κ2) is 7.28. The summed E-state index contributed by atoms with van der Waals surface area (Å²) in [5.41, 5.74) is -0.270. The SMILES string of the molecule is CC(C)N1C(=O)CSc2cnn(CC(=O)Nc3ccccc3F)c(=O)c21. The molecule has 9 heteroatoms. The Hall–Kier alpha value is -2.68. The second-order valence-corrected chi connectivity index (χ2v) is 7.01. The highest BCUT2D eigenvalue weighted by atomic mass is 32.2. The number of halogens is 1. The fourth-order valence-electron chi connectivity index (χ4n) is 2.67. The van der Waals surface area contributed by atoms with E-state index in [-0.39, 0.29) is 35.6 Å². The first kappa shape index (κ1) is 18.1. The number of hydrogen-bond donors (Lipinski definition) is 1. The fourth-order valence-corrected chi connectivity index (χ4v) is 3.53. The number of aromatic nitrogens is 2. The molecule has 0 atom stereocenters. The molecule has 0 spiro atoms. The lowest BCUT2D eigenvalue weighted by Crippen LogP contribution is -2.45. The molecular formula is C17H17FN4O3S. The van der Waals surface area contributed by atoms with Crippen LogP contribution in [0.25, 0.3) is 0 Å². The van der Waals surface area contributed by atoms with Crippen LogP contribution in [0.4, 0.5) is 15.8 Å². The van der Waals surface area contributed by atoms with Gasteiger partial charge in [0, 0.05) is 6.04 Å². The summed E-state index contributed by atoms with van der Waals surface area (Å²) < 4.78 is 14.6. The summed E-state index contributed by atoms with van der Waals surface area (Å²) in [6.07, 6.45) is 1.47. The van der Waals surface area contributed by atoms with Crippen molar-refractivity contribution in [3.8, 4) is 0 Å². The lowest BCUT2D eigenvalue weighted by atomic mass is 10.2. The van der Waals surface area contributed by atoms with Crippen LogP contribution in [0.5, 0.6) is 0 Å². The number of carbonyl (C=O) groups is 2. The zero-order valence-corrected chi connectivity index (χ0v) is 15.0. The van der Waals surface area contributed by atoms with E-state index in [4.69, 9.17) is 0 Å². The molecule has 7 nitrogen and oxygen atoms in total. The first-order valence-electron chi connectivity index (χ1n) is 7.98. The van der Waals surface area contributed by atoms with Crippen molar-refractivity contribution in [3.05, 3.63) is 46.6 Å². The van der Waals surface area contributed by atoms with Gasteiger partial charge in [-0.25, -0.2) is 9.07 Å². The minimum absolute atomic E-state index is 0.0260. The average molecular weight is 376 g/mol. The number of anilines is 2. The Morgan fingerprint density at radius 3 is 2.77 bits per heavy atom. The summed E-state index contributed by atoms with van der Waals surface area (Å²) in [5.74, 6) is -1.08. The van der Waals surface area contributed by atoms with E-state index in [0.717, 1.165) is 4.68 Å². The van der Waals surface area contributed by atoms with Gasteiger partial charge in [-0.2, -0.15) is 5.10 Å². The van der Waals surface area contributed by atoms with Crippen molar-refractivity contribution in [3.63, 3.8) is 0 Å². The standard InChI is InChI=1S/C17H17FN4O3S/c1-10(2)22-15(24)9-26-13-7-19-21(17(25)16(13)22)8-14(23)20-12-6-4-3-5-11(12)18/h3-7,10H,8-9H2,1-2H3,(H,20,23). The van der Waals surface area contributed by atoms with Crippen molar-refractivity contribution in [2.75, 3.05) is 16.0 Å². The van der Waals surface area contributed by atoms with Gasteiger partial charge in [-0.05, 0) is 26.0 Å². The number of para-hydroxylation sites is 1. The molecule has 1 aliphatic rings. The molecule has 1 aromatic carbocycles. The van der Waals surface area contributed by atoms with Gasteiger partial charge in [0.25, 0.3) is 5.56 Å². The minimum Gasteiger partial charge on any atom is -0.322 e. The van der Waals surface area contributed by atoms with E-state index in [1.165, 1.54) is 41.1 Å². The van der Waals surface area contributed by atoms with Gasteiger partial charge in [0.2, 0.25) is 11.8 Å². The molecule has 3 rings (SSSR count). The molecule has 2 amide bonds. The maximum Gasteiger partial charge on any atom is 0.292 e. The molecule has 136 valence electrons. The largest absolute Gasteiger partial charge is 0.322 e. The van der Waals surface area contributed by atoms with E-state index in [2.05, 4.69) is 10.4 Å². The number of nitrogens with zero attached hydrogens (tertiary/aromatic N) is 3. The molecule has 0 saturated carbocycles. The van der Waals surface area contributed by atoms with Gasteiger partial charge in [0.05, 0.1) is 22.5 Å². The van der Waals surface area contributed by atoms with Crippen LogP contribution < -0.4 is 15.8 Å². The highest BCUT2D eigenvalue weighted by molar-refractivity contribution is 8.00. The van der Waals surface area contributed by atoms with Gasteiger partial charge >= 0.3 is 0 Å². The zero-order chi connectivity index (χ0) is 18.8. The Labute approximate surface area is 153 Å². The lowest BCUT2D eigenvalue weighted by Gasteiger charge is -2.31. The predicted octanol–water partition coefficient (Wildman–Crippen LogP) is 1.87. The van der Waals surface area contributed by atoms with Gasteiger partial charge in [-0.15, -0.1) is 11.8 Å². The van der Waals surface area contributed by atoms with Crippen LogP contribution in [-0.4, -0.2) is 33.4 Å². The summed E-state index contributed by atoms with van der Waals surface area (Å²) in [6, 6.07) is 5.55. The van der Waals surface area contributed by atoms with E-state index in [1.54, 1.807) is 6.07 Å². The minimum atomic E-state index is -0.587. The highest BCUT2D eigenvalue weighted by Crippen LogP contribution is 2.32. The summed E-state index contributed by atoms with van der Waals surface area (Å²) in [7, 11) is 0. The van der Waals surface area contributed by atoms with Crippen molar-refractivity contribution in [2.45, 2.75) is 31.3 Å². The quantitative estimate of drug-likeness (QED) is 0.881. The third kappa shape index (κ3) is 3.48. The van der Waals surface area contributed by atoms with E-state index in [1.807, 2.05) is 13.8 Å². The van der Waals surface area contributed by atoms with Crippen molar-refractivity contribution in [1.29, 1.82) is 0 Å². The van der Waals surface area contributed by atoms with Gasteiger partial charge in [-0.1, -0.05) is 12.1 Å². The first-order valence-corrected chi connectivity index (χ1v) is 8.96. The van der Waals surface area contributed by atoms with Crippen LogP contribution in [0.1, 0.15) is 13.8 Å². The number of rotatable bonds is 4. The maximum atomic E-state index is 13.6. The number of fused-ring (bicyclic) bond motifs is 1. The van der Waals surface area contributed by atoms with Crippen LogP contribution in [0.3, 0.4) is 0 Å². The Morgan fingerprint density at radius 2 is 2.08 bits per heavy atom. The predicted molar refractivity (Wildman–Crippen MR) is 96.9 cm³/mol. The first-order chi connectivity index (χ1) is 12.4. The number of amides is 2. The molecule has 1 aliphatic heterocycles. The van der Waals surface area contributed by atoms with Crippen molar-refractivity contribution in [2.24, 2.45) is 0 Å². The zero-order valence-electron chi connectivity index (χ0n) is 14.2. The van der Waals surface area contributed by atoms with Gasteiger partial charge in [0.15, 0.2) is 0 Å². The third-order valence-electron chi connectivity index (χ3n) is 3.80. The van der Waals surface area contributed by atoms with E-state index < -0.39 is 17.3 Å². The van der Waals surface area contributed by atoms with Crippen LogP contribution in [-0.2, 0) is 16.1 Å². The molecule has 1 aromatic heterocycles. The summed E-state index contributed by atoms with van der Waals surface area (Å²) >= 11 is 1.25. The van der Waals surface area contributed by atoms with Crippen LogP contribution in [0, 0.1) is 5.82 Å². The fraction of sp³-hybridized carbons (Fsp3) is 0.294. The van der Waals surface area contributed by atoms with Crippen molar-refractivity contribution >= 4 is 35.0 Å². The van der Waals surface area contributed by atoms with Crippen molar-refractivity contribution in [1.82, 2.24) is 9.78 Å². The Kier molecular flexibility index (Phi) is 5.08. The topological polar surface area (TPSA) is 84.3 Å². The number of benzene rings is 1. The van der Waals surface area contributed by atoms with Crippen LogP contribution in [0.2, 0.25) is 0 Å². The maximum absolute atomic E-state index is 13.6. The van der Waals surface area contributed by atoms with Gasteiger partial charge in [0.1, 0.15) is 18.0 Å². The normalized spacial score (nSPS) is 13.7.